The molecule has 1 aliphatic rings. The maximum Gasteiger partial charge on any atom is 0.0640 e. The molecular formula is C13H23N3O2. The van der Waals surface area contributed by atoms with Gasteiger partial charge < -0.3 is 15.2 Å². The number of nitrogens with zero attached hydrogens (tertiary/aromatic N) is 2. The van der Waals surface area contributed by atoms with Crippen molar-refractivity contribution >= 4 is 0 Å². The third-order valence-electron chi connectivity index (χ3n) is 3.26. The molecule has 18 heavy (non-hydrogen) atoms. The highest BCUT2D eigenvalue weighted by Gasteiger charge is 2.12. The predicted octanol–water partition coefficient (Wildman–Crippen LogP) is 0.924. The molecule has 5 heteroatoms. The van der Waals surface area contributed by atoms with Crippen LogP contribution in [0, 0.1) is 0 Å². The summed E-state index contributed by atoms with van der Waals surface area (Å²) in [6.45, 7) is 3.44. The van der Waals surface area contributed by atoms with Gasteiger partial charge in [-0.1, -0.05) is 0 Å². The zero-order chi connectivity index (χ0) is 12.6. The quantitative estimate of drug-likeness (QED) is 0.710. The van der Waals surface area contributed by atoms with E-state index >= 15 is 0 Å². The van der Waals surface area contributed by atoms with Gasteiger partial charge in [0.2, 0.25) is 0 Å². The van der Waals surface area contributed by atoms with Gasteiger partial charge in [0.25, 0.3) is 0 Å². The van der Waals surface area contributed by atoms with Gasteiger partial charge in [0.1, 0.15) is 0 Å². The van der Waals surface area contributed by atoms with Crippen molar-refractivity contribution < 1.29 is 9.84 Å². The average Bonchev–Trinajstić information content (AvgIpc) is 2.84. The lowest BCUT2D eigenvalue weighted by molar-refractivity contribution is 0.0115. The summed E-state index contributed by atoms with van der Waals surface area (Å²) in [7, 11) is 0. The maximum atomic E-state index is 8.80. The van der Waals surface area contributed by atoms with Crippen LogP contribution in [0.1, 0.15) is 31.2 Å². The number of nitrogens with one attached hydrogen (secondary N) is 1. The molecule has 1 atom stereocenters. The van der Waals surface area contributed by atoms with Crippen molar-refractivity contribution in [2.24, 2.45) is 0 Å². The molecule has 0 spiro atoms. The first-order valence-corrected chi connectivity index (χ1v) is 6.83. The van der Waals surface area contributed by atoms with Crippen molar-refractivity contribution in [3.8, 4) is 0 Å². The van der Waals surface area contributed by atoms with E-state index in [-0.39, 0.29) is 6.61 Å². The monoisotopic (exact) mass is 253 g/mol. The summed E-state index contributed by atoms with van der Waals surface area (Å²) in [5.41, 5.74) is 1.16. The Morgan fingerprint density at radius 2 is 2.44 bits per heavy atom. The molecule has 0 radical (unpaired) electrons. The molecule has 0 amide bonds. The molecule has 1 aliphatic heterocycles. The summed E-state index contributed by atoms with van der Waals surface area (Å²) in [4.78, 5) is 0. The van der Waals surface area contributed by atoms with Crippen molar-refractivity contribution in [3.05, 3.63) is 18.0 Å². The molecule has 1 fully saturated rings. The molecule has 0 aliphatic carbocycles. The third kappa shape index (κ3) is 4.40. The van der Waals surface area contributed by atoms with Gasteiger partial charge in [0.15, 0.2) is 0 Å². The Balaban J connectivity index is 1.59. The Morgan fingerprint density at radius 3 is 3.22 bits per heavy atom. The lowest BCUT2D eigenvalue weighted by atomic mass is 10.1. The number of rotatable bonds is 7. The standard InChI is InChI=1S/C13H23N3O2/c17-7-6-16-11-12(10-15-16)9-14-5-4-13-3-1-2-8-18-13/h10-11,13-14,17H,1-9H2. The van der Waals surface area contributed by atoms with Crippen LogP contribution in [0.25, 0.3) is 0 Å². The maximum absolute atomic E-state index is 8.80. The van der Waals surface area contributed by atoms with Crippen LogP contribution >= 0.6 is 0 Å². The fourth-order valence-electron chi connectivity index (χ4n) is 2.25. The summed E-state index contributed by atoms with van der Waals surface area (Å²) in [5.74, 6) is 0. The number of aliphatic hydroxyl groups is 1. The SMILES string of the molecule is OCCn1cc(CNCCC2CCCCO2)cn1. The summed E-state index contributed by atoms with van der Waals surface area (Å²) >= 11 is 0. The van der Waals surface area contributed by atoms with E-state index in [1.165, 1.54) is 19.3 Å². The van der Waals surface area contributed by atoms with Gasteiger partial charge in [-0.2, -0.15) is 5.10 Å². The van der Waals surface area contributed by atoms with Crippen molar-refractivity contribution in [2.75, 3.05) is 19.8 Å². The van der Waals surface area contributed by atoms with Crippen LogP contribution in [0.5, 0.6) is 0 Å². The van der Waals surface area contributed by atoms with Crippen LogP contribution in [0.2, 0.25) is 0 Å². The van der Waals surface area contributed by atoms with Gasteiger partial charge in [0, 0.05) is 24.9 Å². The molecule has 2 heterocycles. The lowest BCUT2D eigenvalue weighted by Crippen LogP contribution is -2.25. The summed E-state index contributed by atoms with van der Waals surface area (Å²) in [5, 5.41) is 16.4. The molecule has 0 aromatic carbocycles. The molecular weight excluding hydrogens is 230 g/mol. The zero-order valence-electron chi connectivity index (χ0n) is 10.8. The molecule has 0 bridgehead atoms. The smallest absolute Gasteiger partial charge is 0.0640 e. The summed E-state index contributed by atoms with van der Waals surface area (Å²) in [6.07, 6.45) is 9.08. The van der Waals surface area contributed by atoms with Crippen LogP contribution in [-0.2, 0) is 17.8 Å². The van der Waals surface area contributed by atoms with Gasteiger partial charge in [-0.05, 0) is 32.2 Å². The highest BCUT2D eigenvalue weighted by atomic mass is 16.5. The first-order valence-electron chi connectivity index (χ1n) is 6.83. The third-order valence-corrected chi connectivity index (χ3v) is 3.26. The van der Waals surface area contributed by atoms with Crippen molar-refractivity contribution in [2.45, 2.75) is 44.9 Å². The number of aliphatic hydroxyl groups excluding tert-OH is 1. The Labute approximate surface area is 108 Å². The Bertz CT molecular complexity index is 335. The fourth-order valence-corrected chi connectivity index (χ4v) is 2.25. The van der Waals surface area contributed by atoms with Gasteiger partial charge in [-0.25, -0.2) is 0 Å². The van der Waals surface area contributed by atoms with E-state index in [2.05, 4.69) is 10.4 Å². The largest absolute Gasteiger partial charge is 0.394 e. The van der Waals surface area contributed by atoms with Crippen molar-refractivity contribution in [3.63, 3.8) is 0 Å². The van der Waals surface area contributed by atoms with Crippen LogP contribution in [0.15, 0.2) is 12.4 Å². The van der Waals surface area contributed by atoms with E-state index in [1.807, 2.05) is 12.4 Å². The normalized spacial score (nSPS) is 20.2. The minimum atomic E-state index is 0.133. The number of aromatic nitrogens is 2. The molecule has 1 saturated heterocycles. The van der Waals surface area contributed by atoms with E-state index in [0.29, 0.717) is 12.6 Å². The van der Waals surface area contributed by atoms with Crippen LogP contribution in [-0.4, -0.2) is 40.7 Å². The van der Waals surface area contributed by atoms with E-state index in [4.69, 9.17) is 9.84 Å². The van der Waals surface area contributed by atoms with Crippen molar-refractivity contribution in [1.82, 2.24) is 15.1 Å². The Kier molecular flexibility index (Phi) is 5.64. The summed E-state index contributed by atoms with van der Waals surface area (Å²) in [6, 6.07) is 0. The van der Waals surface area contributed by atoms with E-state index < -0.39 is 0 Å². The highest BCUT2D eigenvalue weighted by Crippen LogP contribution is 2.14. The number of ether oxygens (including phenoxy) is 1. The molecule has 1 aromatic heterocycles. The molecule has 2 rings (SSSR count). The number of hydrogen-bond acceptors (Lipinski definition) is 4. The van der Waals surface area contributed by atoms with Gasteiger partial charge in [0.05, 0.1) is 25.5 Å². The fraction of sp³-hybridized carbons (Fsp3) is 0.769. The predicted molar refractivity (Wildman–Crippen MR) is 69.2 cm³/mol. The first-order chi connectivity index (χ1) is 8.88. The number of hydrogen-bond donors (Lipinski definition) is 2. The minimum absolute atomic E-state index is 0.133. The van der Waals surface area contributed by atoms with E-state index in [9.17, 15) is 0 Å². The zero-order valence-corrected chi connectivity index (χ0v) is 10.8. The molecule has 2 N–H and O–H groups in total. The second-order valence-electron chi connectivity index (χ2n) is 4.79. The highest BCUT2D eigenvalue weighted by molar-refractivity contribution is 5.03. The van der Waals surface area contributed by atoms with Crippen molar-refractivity contribution in [1.29, 1.82) is 0 Å². The van der Waals surface area contributed by atoms with E-state index in [0.717, 1.165) is 31.7 Å². The second kappa shape index (κ2) is 7.51. The average molecular weight is 253 g/mol. The Hall–Kier alpha value is -0.910. The molecule has 1 unspecified atom stereocenters. The Morgan fingerprint density at radius 1 is 1.50 bits per heavy atom. The van der Waals surface area contributed by atoms with Gasteiger partial charge in [-0.3, -0.25) is 4.68 Å². The first kappa shape index (κ1) is 13.5. The van der Waals surface area contributed by atoms with Crippen LogP contribution in [0.3, 0.4) is 0 Å². The van der Waals surface area contributed by atoms with Crippen LogP contribution in [0.4, 0.5) is 0 Å². The van der Waals surface area contributed by atoms with Crippen LogP contribution < -0.4 is 5.32 Å². The second-order valence-corrected chi connectivity index (χ2v) is 4.79. The molecule has 5 nitrogen and oxygen atoms in total. The molecule has 0 saturated carbocycles. The topological polar surface area (TPSA) is 59.3 Å². The minimum Gasteiger partial charge on any atom is -0.394 e. The molecule has 1 aromatic rings. The van der Waals surface area contributed by atoms with Gasteiger partial charge in [-0.15, -0.1) is 0 Å². The molecule has 102 valence electrons. The lowest BCUT2D eigenvalue weighted by Gasteiger charge is -2.22. The van der Waals surface area contributed by atoms with E-state index in [1.54, 1.807) is 4.68 Å². The van der Waals surface area contributed by atoms with Gasteiger partial charge >= 0.3 is 0 Å². The summed E-state index contributed by atoms with van der Waals surface area (Å²) < 4.78 is 7.45.